The van der Waals surface area contributed by atoms with E-state index in [-0.39, 0.29) is 0 Å². The lowest BCUT2D eigenvalue weighted by atomic mass is 9.96. The molecule has 7 heteroatoms. The van der Waals surface area contributed by atoms with Crippen LogP contribution in [0.15, 0.2) is 183 Å². The highest BCUT2D eigenvalue weighted by Gasteiger charge is 2.18. The fourth-order valence-electron chi connectivity index (χ4n) is 7.80. The average Bonchev–Trinajstić information content (AvgIpc) is 3.64. The van der Waals surface area contributed by atoms with Gasteiger partial charge in [0.1, 0.15) is 4.83 Å². The van der Waals surface area contributed by atoms with E-state index in [1.807, 2.05) is 12.1 Å². The van der Waals surface area contributed by atoms with E-state index in [4.69, 9.17) is 4.98 Å². The number of hydrogen-bond donors (Lipinski definition) is 0. The Morgan fingerprint density at radius 1 is 0.375 bits per heavy atom. The van der Waals surface area contributed by atoms with Crippen molar-refractivity contribution in [3.05, 3.63) is 183 Å². The first-order valence-corrected chi connectivity index (χ1v) is 19.3. The van der Waals surface area contributed by atoms with Crippen molar-refractivity contribution in [2.24, 2.45) is 0 Å². The molecular formula is C49H30N6S. The van der Waals surface area contributed by atoms with Gasteiger partial charge in [-0.05, 0) is 101 Å². The summed E-state index contributed by atoms with van der Waals surface area (Å²) < 4.78 is 1.24. The maximum Gasteiger partial charge on any atom is 0.125 e. The Bertz CT molecular complexity index is 3130. The molecule has 56 heavy (non-hydrogen) atoms. The molecule has 0 aliphatic carbocycles. The average molecular weight is 735 g/mol. The van der Waals surface area contributed by atoms with E-state index in [1.165, 1.54) is 21.0 Å². The summed E-state index contributed by atoms with van der Waals surface area (Å²) >= 11 is 1.76. The van der Waals surface area contributed by atoms with Crippen molar-refractivity contribution in [2.75, 3.05) is 4.90 Å². The molecule has 0 N–H and O–H groups in total. The van der Waals surface area contributed by atoms with Crippen LogP contribution in [-0.4, -0.2) is 24.9 Å². The number of para-hydroxylation sites is 1. The molecule has 7 aromatic carbocycles. The quantitative estimate of drug-likeness (QED) is 0.169. The summed E-state index contributed by atoms with van der Waals surface area (Å²) in [6.07, 6.45) is 6.93. The molecular weight excluding hydrogens is 705 g/mol. The van der Waals surface area contributed by atoms with Crippen molar-refractivity contribution < 1.29 is 0 Å². The minimum atomic E-state index is 0.879. The number of benzene rings is 7. The summed E-state index contributed by atoms with van der Waals surface area (Å²) in [6, 6.07) is 56.0. The van der Waals surface area contributed by atoms with Gasteiger partial charge in [-0.1, -0.05) is 84.9 Å². The van der Waals surface area contributed by atoms with Crippen LogP contribution < -0.4 is 4.90 Å². The van der Waals surface area contributed by atoms with Crippen molar-refractivity contribution in [1.29, 1.82) is 0 Å². The Morgan fingerprint density at radius 3 is 1.41 bits per heavy atom. The lowest BCUT2D eigenvalue weighted by molar-refractivity contribution is 1.28. The molecule has 0 spiro atoms. The molecule has 0 aliphatic heterocycles. The van der Waals surface area contributed by atoms with E-state index in [0.29, 0.717) is 0 Å². The number of anilines is 3. The Kier molecular flexibility index (Phi) is 7.57. The zero-order chi connectivity index (χ0) is 37.0. The maximum absolute atomic E-state index is 5.11. The van der Waals surface area contributed by atoms with Gasteiger partial charge in [0.25, 0.3) is 0 Å². The van der Waals surface area contributed by atoms with Gasteiger partial charge in [0.15, 0.2) is 0 Å². The topological polar surface area (TPSA) is 67.7 Å². The number of fused-ring (bicyclic) bond motifs is 6. The lowest BCUT2D eigenvalue weighted by Gasteiger charge is -2.26. The third kappa shape index (κ3) is 5.52. The molecule has 11 rings (SSSR count). The van der Waals surface area contributed by atoms with E-state index >= 15 is 0 Å². The minimum absolute atomic E-state index is 0.879. The smallest absolute Gasteiger partial charge is 0.125 e. The van der Waals surface area contributed by atoms with E-state index in [2.05, 4.69) is 170 Å². The van der Waals surface area contributed by atoms with Gasteiger partial charge in [-0.25, -0.2) is 4.98 Å². The molecule has 0 aliphatic rings. The zero-order valence-corrected chi connectivity index (χ0v) is 30.7. The zero-order valence-electron chi connectivity index (χ0n) is 29.9. The van der Waals surface area contributed by atoms with E-state index in [9.17, 15) is 0 Å². The number of thiophene rings is 1. The predicted octanol–water partition coefficient (Wildman–Crippen LogP) is 13.0. The number of rotatable bonds is 6. The Morgan fingerprint density at radius 2 is 0.839 bits per heavy atom. The van der Waals surface area contributed by atoms with Crippen LogP contribution in [0.5, 0.6) is 0 Å². The van der Waals surface area contributed by atoms with Crippen molar-refractivity contribution in [3.8, 4) is 33.4 Å². The maximum atomic E-state index is 5.11. The van der Waals surface area contributed by atoms with Crippen LogP contribution in [0.4, 0.5) is 17.1 Å². The molecule has 4 aromatic heterocycles. The minimum Gasteiger partial charge on any atom is -0.311 e. The van der Waals surface area contributed by atoms with Gasteiger partial charge in [-0.3, -0.25) is 19.9 Å². The monoisotopic (exact) mass is 734 g/mol. The summed E-state index contributed by atoms with van der Waals surface area (Å²) in [5.41, 5.74) is 14.5. The highest BCUT2D eigenvalue weighted by atomic mass is 32.1. The fourth-order valence-corrected chi connectivity index (χ4v) is 8.89. The number of hydrogen-bond acceptors (Lipinski definition) is 7. The highest BCUT2D eigenvalue weighted by Crippen LogP contribution is 2.44. The van der Waals surface area contributed by atoms with Gasteiger partial charge in [-0.15, -0.1) is 11.3 Å². The van der Waals surface area contributed by atoms with Crippen LogP contribution in [0, 0.1) is 0 Å². The van der Waals surface area contributed by atoms with E-state index in [0.717, 1.165) is 82.7 Å². The first-order chi connectivity index (χ1) is 27.7. The van der Waals surface area contributed by atoms with Crippen LogP contribution in [0.1, 0.15) is 0 Å². The van der Waals surface area contributed by atoms with E-state index in [1.54, 1.807) is 36.1 Å². The molecule has 0 amide bonds. The molecule has 11 aromatic rings. The summed E-state index contributed by atoms with van der Waals surface area (Å²) in [6.45, 7) is 0. The van der Waals surface area contributed by atoms with Crippen molar-refractivity contribution >= 4 is 81.7 Å². The third-order valence-electron chi connectivity index (χ3n) is 10.5. The van der Waals surface area contributed by atoms with Crippen LogP contribution >= 0.6 is 11.3 Å². The lowest BCUT2D eigenvalue weighted by Crippen LogP contribution is -2.09. The van der Waals surface area contributed by atoms with Gasteiger partial charge in [0.05, 0.1) is 27.6 Å². The van der Waals surface area contributed by atoms with Crippen molar-refractivity contribution in [2.45, 2.75) is 0 Å². The molecule has 0 saturated carbocycles. The molecule has 4 heterocycles. The molecule has 0 unspecified atom stereocenters. The van der Waals surface area contributed by atoms with Gasteiger partial charge >= 0.3 is 0 Å². The Balaban J connectivity index is 1.02. The largest absolute Gasteiger partial charge is 0.311 e. The number of aromatic nitrogens is 5. The van der Waals surface area contributed by atoms with Gasteiger partial charge in [0.2, 0.25) is 0 Å². The van der Waals surface area contributed by atoms with Gasteiger partial charge in [0, 0.05) is 68.3 Å². The van der Waals surface area contributed by atoms with Gasteiger partial charge < -0.3 is 4.90 Å². The second kappa shape index (κ2) is 13.2. The number of nitrogens with zero attached hydrogens (tertiary/aromatic N) is 6. The van der Waals surface area contributed by atoms with E-state index < -0.39 is 0 Å². The SMILES string of the molecule is c1ccc2c(-c3ccc(N(c4ccc(-c5ccc6nccnc6c5)cc4)c4ccc(-c5ccc6nccnc6c5)cc4)cc3)c3c(nc2c1)sc1ccccc13. The standard InChI is InChI=1S/C49H30N6S/c1-3-7-41-39(5-1)47(48-40-6-2-4-8-46(40)56-49(48)54-41)33-13-21-38(22-14-33)55(36-17-9-31(10-18-36)34-15-23-42-44(29-34)52-27-25-50-42)37-19-11-32(12-20-37)35-16-24-43-45(30-35)53-28-26-51-43/h1-30H. The van der Waals surface area contributed by atoms with Crippen molar-refractivity contribution in [3.63, 3.8) is 0 Å². The fraction of sp³-hybridized carbons (Fsp3) is 0. The van der Waals surface area contributed by atoms with Crippen molar-refractivity contribution in [1.82, 2.24) is 24.9 Å². The molecule has 0 bridgehead atoms. The summed E-state index contributed by atoms with van der Waals surface area (Å²) in [4.78, 5) is 26.4. The molecule has 0 atom stereocenters. The molecule has 0 saturated heterocycles. The third-order valence-corrected chi connectivity index (χ3v) is 11.6. The number of pyridine rings is 1. The normalized spacial score (nSPS) is 11.6. The van der Waals surface area contributed by atoms with Crippen LogP contribution in [-0.2, 0) is 0 Å². The molecule has 0 radical (unpaired) electrons. The highest BCUT2D eigenvalue weighted by molar-refractivity contribution is 7.25. The first kappa shape index (κ1) is 32.1. The Hall–Kier alpha value is -7.35. The summed E-state index contributed by atoms with van der Waals surface area (Å²) in [5.74, 6) is 0. The summed E-state index contributed by atoms with van der Waals surface area (Å²) in [7, 11) is 0. The first-order valence-electron chi connectivity index (χ1n) is 18.5. The second-order valence-electron chi connectivity index (χ2n) is 13.8. The molecule has 262 valence electrons. The summed E-state index contributed by atoms with van der Waals surface area (Å²) in [5, 5.41) is 3.60. The Labute approximate surface area is 326 Å². The molecule has 6 nitrogen and oxygen atoms in total. The van der Waals surface area contributed by atoms with Crippen LogP contribution in [0.25, 0.3) is 86.7 Å². The molecule has 0 fully saturated rings. The second-order valence-corrected chi connectivity index (χ2v) is 14.8. The van der Waals surface area contributed by atoms with Crippen LogP contribution in [0.3, 0.4) is 0 Å². The predicted molar refractivity (Wildman–Crippen MR) is 232 cm³/mol. The van der Waals surface area contributed by atoms with Gasteiger partial charge in [-0.2, -0.15) is 0 Å². The van der Waals surface area contributed by atoms with Crippen LogP contribution in [0.2, 0.25) is 0 Å².